The number of hydrogen-bond donors (Lipinski definition) is 2. The van der Waals surface area contributed by atoms with E-state index in [4.69, 9.17) is 9.47 Å². The zero-order valence-electron chi connectivity index (χ0n) is 19.2. The highest BCUT2D eigenvalue weighted by Crippen LogP contribution is 2.44. The number of hydrogen-bond acceptors (Lipinski definition) is 7. The first-order valence-corrected chi connectivity index (χ1v) is 10.7. The fourth-order valence-corrected chi connectivity index (χ4v) is 3.86. The van der Waals surface area contributed by atoms with E-state index in [1.54, 1.807) is 32.6 Å². The van der Waals surface area contributed by atoms with Crippen LogP contribution in [0.4, 0.5) is 29.3 Å². The van der Waals surface area contributed by atoms with Crippen molar-refractivity contribution in [1.29, 1.82) is 0 Å². The molecule has 0 bridgehead atoms. The van der Waals surface area contributed by atoms with Crippen molar-refractivity contribution >= 4 is 34.8 Å². The van der Waals surface area contributed by atoms with Crippen LogP contribution >= 0.6 is 0 Å². The summed E-state index contributed by atoms with van der Waals surface area (Å²) in [7, 11) is 0. The number of halogens is 3. The predicted octanol–water partition coefficient (Wildman–Crippen LogP) is 3.32. The van der Waals surface area contributed by atoms with Crippen molar-refractivity contribution in [2.45, 2.75) is 51.6 Å². The highest BCUT2D eigenvalue weighted by atomic mass is 19.4. The number of amides is 2. The van der Waals surface area contributed by atoms with Gasteiger partial charge in [-0.05, 0) is 39.8 Å². The minimum absolute atomic E-state index is 0.00416. The van der Waals surface area contributed by atoms with Crippen molar-refractivity contribution in [2.75, 3.05) is 29.9 Å². The van der Waals surface area contributed by atoms with Gasteiger partial charge in [0.15, 0.2) is 5.84 Å². The maximum atomic E-state index is 13.6. The van der Waals surface area contributed by atoms with Gasteiger partial charge in [0.05, 0.1) is 17.3 Å². The number of nitrogens with one attached hydrogen (secondary N) is 2. The molecule has 0 aromatic heterocycles. The molecule has 0 spiro atoms. The molecule has 1 aromatic carbocycles. The second kappa shape index (κ2) is 8.10. The monoisotopic (exact) mass is 481 g/mol. The summed E-state index contributed by atoms with van der Waals surface area (Å²) in [5.41, 5.74) is 1.13. The molecular formula is C22H26F3N5O4. The molecule has 2 N–H and O–H groups in total. The molecule has 3 aliphatic rings. The molecule has 4 rings (SSSR count). The summed E-state index contributed by atoms with van der Waals surface area (Å²) in [6.07, 6.45) is -5.15. The number of hydrazone groups is 1. The summed E-state index contributed by atoms with van der Waals surface area (Å²) in [6, 6.07) is 1.84. The molecule has 0 aliphatic carbocycles. The molecule has 2 amide bonds. The van der Waals surface area contributed by atoms with Crippen LogP contribution < -0.4 is 20.4 Å². The largest absolute Gasteiger partial charge is 0.483 e. The van der Waals surface area contributed by atoms with Crippen LogP contribution in [0, 0.1) is 0 Å². The smallest absolute Gasteiger partial charge is 0.416 e. The number of rotatable bonds is 3. The zero-order chi connectivity index (χ0) is 25.0. The van der Waals surface area contributed by atoms with Crippen LogP contribution in [0.25, 0.3) is 5.57 Å². The third kappa shape index (κ3) is 4.48. The number of amidine groups is 1. The van der Waals surface area contributed by atoms with Gasteiger partial charge in [0.2, 0.25) is 0 Å². The van der Waals surface area contributed by atoms with Gasteiger partial charge >= 0.3 is 12.3 Å². The molecule has 1 aromatic rings. The van der Waals surface area contributed by atoms with E-state index in [-0.39, 0.29) is 48.6 Å². The third-order valence-electron chi connectivity index (χ3n) is 5.62. The minimum atomic E-state index is -4.66. The molecule has 12 heteroatoms. The molecule has 1 unspecified atom stereocenters. The van der Waals surface area contributed by atoms with Crippen LogP contribution in [0.2, 0.25) is 0 Å². The molecular weight excluding hydrogens is 455 g/mol. The van der Waals surface area contributed by atoms with E-state index in [0.29, 0.717) is 11.5 Å². The SMILES string of the molecule is C=C(c1cc2c(cc1NC1CN(C(=O)OC(C)(C)C)C1)N1C(=NNC(=O)C1C)CO2)C(F)(F)F. The summed E-state index contributed by atoms with van der Waals surface area (Å²) < 4.78 is 51.7. The molecule has 184 valence electrons. The number of fused-ring (bicyclic) bond motifs is 3. The molecule has 1 saturated heterocycles. The Kier molecular flexibility index (Phi) is 5.65. The second-order valence-corrected chi connectivity index (χ2v) is 9.41. The van der Waals surface area contributed by atoms with Crippen molar-refractivity contribution < 1.29 is 32.2 Å². The summed E-state index contributed by atoms with van der Waals surface area (Å²) >= 11 is 0. The number of allylic oxidation sites excluding steroid dienone is 1. The average molecular weight is 481 g/mol. The van der Waals surface area contributed by atoms with Gasteiger partial charge in [-0.1, -0.05) is 6.58 Å². The summed E-state index contributed by atoms with van der Waals surface area (Å²) in [6.45, 7) is 10.7. The summed E-state index contributed by atoms with van der Waals surface area (Å²) in [5.74, 6) is 0.282. The van der Waals surface area contributed by atoms with Crippen LogP contribution in [0.3, 0.4) is 0 Å². The van der Waals surface area contributed by atoms with Crippen molar-refractivity contribution in [1.82, 2.24) is 10.3 Å². The number of ether oxygens (including phenoxy) is 2. The zero-order valence-corrected chi connectivity index (χ0v) is 19.2. The molecule has 34 heavy (non-hydrogen) atoms. The lowest BCUT2D eigenvalue weighted by molar-refractivity contribution is -0.122. The first-order chi connectivity index (χ1) is 15.7. The van der Waals surface area contributed by atoms with E-state index in [0.717, 1.165) is 0 Å². The molecule has 1 atom stereocenters. The van der Waals surface area contributed by atoms with Crippen molar-refractivity contribution in [3.8, 4) is 5.75 Å². The van der Waals surface area contributed by atoms with Gasteiger partial charge in [-0.15, -0.1) is 0 Å². The summed E-state index contributed by atoms with van der Waals surface area (Å²) in [4.78, 5) is 27.5. The number of carbonyl (C=O) groups excluding carboxylic acids is 2. The fraction of sp³-hybridized carbons (Fsp3) is 0.500. The number of anilines is 2. The maximum Gasteiger partial charge on any atom is 0.416 e. The van der Waals surface area contributed by atoms with E-state index < -0.39 is 29.5 Å². The van der Waals surface area contributed by atoms with Crippen LogP contribution in [0.1, 0.15) is 33.3 Å². The minimum Gasteiger partial charge on any atom is -0.483 e. The first kappa shape index (κ1) is 23.7. The van der Waals surface area contributed by atoms with Gasteiger partial charge in [-0.2, -0.15) is 18.3 Å². The van der Waals surface area contributed by atoms with Crippen LogP contribution in [0.5, 0.6) is 5.75 Å². The molecule has 0 saturated carbocycles. The van der Waals surface area contributed by atoms with Gasteiger partial charge in [0.1, 0.15) is 24.0 Å². The Morgan fingerprint density at radius 2 is 1.97 bits per heavy atom. The molecule has 0 radical (unpaired) electrons. The first-order valence-electron chi connectivity index (χ1n) is 10.7. The number of benzene rings is 1. The normalized spacial score (nSPS) is 20.3. The van der Waals surface area contributed by atoms with Crippen molar-refractivity contribution in [3.05, 3.63) is 24.3 Å². The highest BCUT2D eigenvalue weighted by molar-refractivity contribution is 6.09. The Labute approximate surface area is 194 Å². The lowest BCUT2D eigenvalue weighted by Gasteiger charge is -2.42. The van der Waals surface area contributed by atoms with Gasteiger partial charge in [0.25, 0.3) is 5.91 Å². The quantitative estimate of drug-likeness (QED) is 0.688. The predicted molar refractivity (Wildman–Crippen MR) is 120 cm³/mol. The fourth-order valence-electron chi connectivity index (χ4n) is 3.86. The van der Waals surface area contributed by atoms with Crippen molar-refractivity contribution in [2.24, 2.45) is 5.10 Å². The number of carbonyl (C=O) groups is 2. The van der Waals surface area contributed by atoms with E-state index in [1.165, 1.54) is 17.0 Å². The molecule has 3 heterocycles. The van der Waals surface area contributed by atoms with E-state index in [9.17, 15) is 22.8 Å². The number of nitrogens with zero attached hydrogens (tertiary/aromatic N) is 3. The van der Waals surface area contributed by atoms with Gasteiger partial charge < -0.3 is 24.6 Å². The second-order valence-electron chi connectivity index (χ2n) is 9.41. The molecule has 1 fully saturated rings. The van der Waals surface area contributed by atoms with Gasteiger partial charge in [0, 0.05) is 24.3 Å². The van der Waals surface area contributed by atoms with Crippen molar-refractivity contribution in [3.63, 3.8) is 0 Å². The van der Waals surface area contributed by atoms with E-state index in [1.807, 2.05) is 0 Å². The van der Waals surface area contributed by atoms with Gasteiger partial charge in [-0.3, -0.25) is 4.79 Å². The Bertz CT molecular complexity index is 1070. The number of likely N-dealkylation sites (tertiary alicyclic amines) is 1. The third-order valence-corrected chi connectivity index (χ3v) is 5.62. The lowest BCUT2D eigenvalue weighted by atomic mass is 9.99. The topological polar surface area (TPSA) is 95.5 Å². The Morgan fingerprint density at radius 1 is 1.29 bits per heavy atom. The Hall–Kier alpha value is -3.44. The standard InChI is InChI=1S/C22H26F3N5O4/c1-11(22(23,24)25)14-6-17-16(30-12(2)19(31)28-27-18(30)10-33-17)7-15(14)26-13-8-29(9-13)20(32)34-21(3,4)5/h6-7,12-13,26H,1,8-10H2,2-5H3,(H,28,31). The number of alkyl halides is 3. The van der Waals surface area contributed by atoms with E-state index in [2.05, 4.69) is 22.4 Å². The molecule has 9 nitrogen and oxygen atoms in total. The average Bonchev–Trinajstić information content (AvgIpc) is 2.69. The van der Waals surface area contributed by atoms with E-state index >= 15 is 0 Å². The van der Waals surface area contributed by atoms with Crippen LogP contribution in [-0.2, 0) is 9.53 Å². The highest BCUT2D eigenvalue weighted by Gasteiger charge is 2.40. The maximum absolute atomic E-state index is 13.6. The molecule has 3 aliphatic heterocycles. The summed E-state index contributed by atoms with van der Waals surface area (Å²) in [5, 5.41) is 7.08. The van der Waals surface area contributed by atoms with Crippen LogP contribution in [-0.4, -0.2) is 66.3 Å². The lowest BCUT2D eigenvalue weighted by Crippen LogP contribution is -2.58. The Morgan fingerprint density at radius 3 is 2.59 bits per heavy atom. The Balaban J connectivity index is 1.63. The van der Waals surface area contributed by atoms with Gasteiger partial charge in [-0.25, -0.2) is 10.2 Å². The van der Waals surface area contributed by atoms with Crippen LogP contribution in [0.15, 0.2) is 23.8 Å².